The Labute approximate surface area is 120 Å². The molecule has 0 aliphatic heterocycles. The number of halogens is 3. The number of alkyl halides is 3. The molecule has 0 heterocycles. The molecular formula is C15H14F3NO2. The van der Waals surface area contributed by atoms with Crippen LogP contribution in [0, 0.1) is 11.3 Å². The number of nitriles is 1. The van der Waals surface area contributed by atoms with Crippen LogP contribution in [0.15, 0.2) is 29.8 Å². The fourth-order valence-electron chi connectivity index (χ4n) is 1.51. The second-order valence-corrected chi connectivity index (χ2v) is 5.26. The van der Waals surface area contributed by atoms with Crippen LogP contribution in [-0.4, -0.2) is 11.6 Å². The van der Waals surface area contributed by atoms with Crippen LogP contribution in [0.25, 0.3) is 6.08 Å². The van der Waals surface area contributed by atoms with Crippen LogP contribution in [0.1, 0.15) is 31.9 Å². The molecule has 21 heavy (non-hydrogen) atoms. The first-order valence-corrected chi connectivity index (χ1v) is 6.06. The molecule has 0 saturated carbocycles. The molecule has 0 unspecified atom stereocenters. The largest absolute Gasteiger partial charge is 0.456 e. The van der Waals surface area contributed by atoms with E-state index in [1.54, 1.807) is 26.8 Å². The van der Waals surface area contributed by atoms with Gasteiger partial charge in [-0.1, -0.05) is 18.2 Å². The number of carbonyl (C=O) groups excluding carboxylic acids is 1. The molecule has 0 aliphatic carbocycles. The summed E-state index contributed by atoms with van der Waals surface area (Å²) in [4.78, 5) is 11.8. The number of nitrogens with zero attached hydrogens (tertiary/aromatic N) is 1. The van der Waals surface area contributed by atoms with Gasteiger partial charge in [0.25, 0.3) is 0 Å². The molecule has 0 saturated heterocycles. The first kappa shape index (κ1) is 16.8. The van der Waals surface area contributed by atoms with Crippen molar-refractivity contribution in [2.24, 2.45) is 0 Å². The molecule has 1 aromatic rings. The minimum atomic E-state index is -4.57. The van der Waals surface area contributed by atoms with E-state index in [9.17, 15) is 18.0 Å². The Hall–Kier alpha value is -2.29. The Morgan fingerprint density at radius 2 is 1.81 bits per heavy atom. The van der Waals surface area contributed by atoms with Crippen LogP contribution in [0.3, 0.4) is 0 Å². The first-order valence-electron chi connectivity index (χ1n) is 6.06. The van der Waals surface area contributed by atoms with E-state index in [2.05, 4.69) is 0 Å². The van der Waals surface area contributed by atoms with Crippen molar-refractivity contribution in [1.29, 1.82) is 5.26 Å². The van der Waals surface area contributed by atoms with Gasteiger partial charge >= 0.3 is 12.1 Å². The lowest BCUT2D eigenvalue weighted by Crippen LogP contribution is -2.24. The Morgan fingerprint density at radius 3 is 2.29 bits per heavy atom. The number of hydrogen-bond acceptors (Lipinski definition) is 3. The van der Waals surface area contributed by atoms with Crippen molar-refractivity contribution in [3.63, 3.8) is 0 Å². The number of ether oxygens (including phenoxy) is 1. The van der Waals surface area contributed by atoms with Crippen LogP contribution in [-0.2, 0) is 15.7 Å². The molecule has 0 N–H and O–H groups in total. The van der Waals surface area contributed by atoms with E-state index in [0.29, 0.717) is 0 Å². The van der Waals surface area contributed by atoms with Crippen molar-refractivity contribution in [3.05, 3.63) is 41.0 Å². The normalized spacial score (nSPS) is 12.7. The zero-order valence-electron chi connectivity index (χ0n) is 11.8. The van der Waals surface area contributed by atoms with E-state index >= 15 is 0 Å². The summed E-state index contributed by atoms with van der Waals surface area (Å²) in [6.07, 6.45) is -3.68. The van der Waals surface area contributed by atoms with Gasteiger partial charge in [0.15, 0.2) is 0 Å². The highest BCUT2D eigenvalue weighted by Crippen LogP contribution is 2.32. The van der Waals surface area contributed by atoms with Gasteiger partial charge in [0.1, 0.15) is 17.2 Å². The van der Waals surface area contributed by atoms with Crippen molar-refractivity contribution < 1.29 is 22.7 Å². The summed E-state index contributed by atoms with van der Waals surface area (Å²) in [6, 6.07) is 6.27. The molecule has 0 fully saturated rings. The maximum atomic E-state index is 12.8. The number of esters is 1. The Balaban J connectivity index is 3.23. The van der Waals surface area contributed by atoms with Crippen molar-refractivity contribution in [1.82, 2.24) is 0 Å². The van der Waals surface area contributed by atoms with Gasteiger partial charge in [-0.3, -0.25) is 0 Å². The number of benzene rings is 1. The van der Waals surface area contributed by atoms with E-state index in [4.69, 9.17) is 10.00 Å². The first-order chi connectivity index (χ1) is 9.54. The molecule has 0 spiro atoms. The van der Waals surface area contributed by atoms with Crippen molar-refractivity contribution in [2.45, 2.75) is 32.5 Å². The standard InChI is InChI=1S/C15H14F3NO2/c1-14(2,3)21-13(20)11(9-19)8-10-6-4-5-7-12(10)15(16,17)18/h4-8H,1-3H3. The molecule has 0 aliphatic rings. The molecule has 0 aromatic heterocycles. The quantitative estimate of drug-likeness (QED) is 0.472. The Kier molecular flexibility index (Phi) is 4.79. The van der Waals surface area contributed by atoms with Crippen LogP contribution in [0.5, 0.6) is 0 Å². The maximum absolute atomic E-state index is 12.8. The van der Waals surface area contributed by atoms with Gasteiger partial charge in [-0.15, -0.1) is 0 Å². The molecule has 3 nitrogen and oxygen atoms in total. The van der Waals surface area contributed by atoms with Crippen LogP contribution < -0.4 is 0 Å². The van der Waals surface area contributed by atoms with Crippen LogP contribution in [0.2, 0.25) is 0 Å². The van der Waals surface area contributed by atoms with Gasteiger partial charge in [-0.05, 0) is 38.5 Å². The van der Waals surface area contributed by atoms with Crippen molar-refractivity contribution >= 4 is 12.0 Å². The zero-order valence-corrected chi connectivity index (χ0v) is 11.8. The number of rotatable bonds is 2. The Bertz CT molecular complexity index is 605. The minimum absolute atomic E-state index is 0.257. The summed E-state index contributed by atoms with van der Waals surface area (Å²) in [7, 11) is 0. The molecule has 0 radical (unpaired) electrons. The summed E-state index contributed by atoms with van der Waals surface area (Å²) in [6.45, 7) is 4.80. The highest BCUT2D eigenvalue weighted by molar-refractivity contribution is 5.98. The summed E-state index contributed by atoms with van der Waals surface area (Å²) >= 11 is 0. The lowest BCUT2D eigenvalue weighted by molar-refractivity contribution is -0.149. The van der Waals surface area contributed by atoms with Crippen molar-refractivity contribution in [2.75, 3.05) is 0 Å². The van der Waals surface area contributed by atoms with Crippen molar-refractivity contribution in [3.8, 4) is 6.07 Å². The Morgan fingerprint density at radius 1 is 1.24 bits per heavy atom. The highest BCUT2D eigenvalue weighted by Gasteiger charge is 2.32. The van der Waals surface area contributed by atoms with Gasteiger partial charge in [-0.2, -0.15) is 18.4 Å². The summed E-state index contributed by atoms with van der Waals surface area (Å²) in [5, 5.41) is 8.95. The monoisotopic (exact) mass is 297 g/mol. The third kappa shape index (κ3) is 4.95. The second kappa shape index (κ2) is 6.00. The number of hydrogen-bond donors (Lipinski definition) is 0. The molecule has 0 atom stereocenters. The van der Waals surface area contributed by atoms with Crippen LogP contribution in [0.4, 0.5) is 13.2 Å². The predicted octanol–water partition coefficient (Wildman–Crippen LogP) is 3.95. The van der Waals surface area contributed by atoms with Gasteiger partial charge in [-0.25, -0.2) is 4.79 Å². The average Bonchev–Trinajstić information content (AvgIpc) is 2.33. The molecule has 1 rings (SSSR count). The lowest BCUT2D eigenvalue weighted by atomic mass is 10.0. The molecule has 112 valence electrons. The second-order valence-electron chi connectivity index (χ2n) is 5.26. The van der Waals surface area contributed by atoms with Crippen LogP contribution >= 0.6 is 0 Å². The van der Waals surface area contributed by atoms with E-state index in [0.717, 1.165) is 12.1 Å². The van der Waals surface area contributed by atoms with Gasteiger partial charge in [0.05, 0.1) is 5.56 Å². The SMILES string of the molecule is CC(C)(C)OC(=O)C(C#N)=Cc1ccccc1C(F)(F)F. The molecule has 0 bridgehead atoms. The fraction of sp³-hybridized carbons (Fsp3) is 0.333. The smallest absolute Gasteiger partial charge is 0.416 e. The van der Waals surface area contributed by atoms with Gasteiger partial charge < -0.3 is 4.74 Å². The predicted molar refractivity (Wildman–Crippen MR) is 70.9 cm³/mol. The maximum Gasteiger partial charge on any atom is 0.416 e. The molecule has 1 aromatic carbocycles. The third-order valence-electron chi connectivity index (χ3n) is 2.31. The summed E-state index contributed by atoms with van der Waals surface area (Å²) < 4.78 is 43.5. The zero-order chi connectivity index (χ0) is 16.3. The van der Waals surface area contributed by atoms with E-state index < -0.39 is 28.9 Å². The lowest BCUT2D eigenvalue weighted by Gasteiger charge is -2.19. The number of carbonyl (C=O) groups is 1. The third-order valence-corrected chi connectivity index (χ3v) is 2.31. The molecule has 6 heteroatoms. The van der Waals surface area contributed by atoms with E-state index in [1.165, 1.54) is 18.2 Å². The van der Waals surface area contributed by atoms with E-state index in [1.807, 2.05) is 0 Å². The molecule has 0 amide bonds. The topological polar surface area (TPSA) is 50.1 Å². The van der Waals surface area contributed by atoms with Gasteiger partial charge in [0.2, 0.25) is 0 Å². The van der Waals surface area contributed by atoms with E-state index in [-0.39, 0.29) is 5.56 Å². The molecular weight excluding hydrogens is 283 g/mol. The fourth-order valence-corrected chi connectivity index (χ4v) is 1.51. The minimum Gasteiger partial charge on any atom is -0.456 e. The highest BCUT2D eigenvalue weighted by atomic mass is 19.4. The average molecular weight is 297 g/mol. The van der Waals surface area contributed by atoms with Gasteiger partial charge in [0, 0.05) is 0 Å². The summed E-state index contributed by atoms with van der Waals surface area (Å²) in [5.74, 6) is -0.957. The summed E-state index contributed by atoms with van der Waals surface area (Å²) in [5.41, 5.74) is -2.49.